The van der Waals surface area contributed by atoms with Crippen molar-refractivity contribution < 1.29 is 4.79 Å². The zero-order valence-corrected chi connectivity index (χ0v) is 17.9. The van der Waals surface area contributed by atoms with E-state index >= 15 is 0 Å². The lowest BCUT2D eigenvalue weighted by Crippen LogP contribution is -2.47. The first-order chi connectivity index (χ1) is 13.2. The highest BCUT2D eigenvalue weighted by Gasteiger charge is 2.21. The number of anilines is 1. The molecule has 1 aliphatic rings. The fraction of sp³-hybridized carbons (Fsp3) is 0.474. The van der Waals surface area contributed by atoms with Gasteiger partial charge in [-0.05, 0) is 30.5 Å². The van der Waals surface area contributed by atoms with Gasteiger partial charge >= 0.3 is 6.03 Å². The third-order valence-electron chi connectivity index (χ3n) is 4.89. The number of urea groups is 1. The molecule has 0 unspecified atom stereocenters. The van der Waals surface area contributed by atoms with Crippen molar-refractivity contribution >= 4 is 39.7 Å². The summed E-state index contributed by atoms with van der Waals surface area (Å²) in [5.74, 6) is 0.975. The number of allylic oxidation sites excluding steroid dienone is 1. The zero-order valence-electron chi connectivity index (χ0n) is 17.1. The second-order valence-electron chi connectivity index (χ2n) is 7.23. The molecule has 0 radical (unpaired) electrons. The molecular formula is C19H26ClN7O. The molecule has 8 nitrogen and oxygen atoms in total. The molecular weight excluding hydrogens is 378 g/mol. The first-order valence-electron chi connectivity index (χ1n) is 9.22. The van der Waals surface area contributed by atoms with Gasteiger partial charge in [-0.1, -0.05) is 25.4 Å². The van der Waals surface area contributed by atoms with Crippen molar-refractivity contribution in [3.05, 3.63) is 29.1 Å². The zero-order chi connectivity index (χ0) is 20.6. The third kappa shape index (κ3) is 3.82. The summed E-state index contributed by atoms with van der Waals surface area (Å²) in [5.41, 5.74) is 3.66. The van der Waals surface area contributed by atoms with Crippen LogP contribution >= 0.6 is 11.6 Å². The number of halogens is 1. The Labute approximate surface area is 169 Å². The molecule has 0 fully saturated rings. The van der Waals surface area contributed by atoms with Crippen molar-refractivity contribution in [1.29, 1.82) is 0 Å². The lowest BCUT2D eigenvalue weighted by Gasteiger charge is -2.30. The summed E-state index contributed by atoms with van der Waals surface area (Å²) in [6, 6.07) is 1.75. The SMILES string of the molecule is Cc1nn(C)c2nc(N(C)N(C)C(=O)NC3=CC(Cl)=NCC3)cc(C(C)C)c12. The fourth-order valence-corrected chi connectivity index (χ4v) is 3.45. The number of pyridine rings is 1. The number of dihydropyridines is 1. The van der Waals surface area contributed by atoms with Crippen LogP contribution < -0.4 is 10.3 Å². The second-order valence-corrected chi connectivity index (χ2v) is 7.62. The highest BCUT2D eigenvalue weighted by Crippen LogP contribution is 2.30. The molecule has 3 rings (SSSR count). The van der Waals surface area contributed by atoms with E-state index in [1.165, 1.54) is 5.01 Å². The van der Waals surface area contributed by atoms with E-state index in [-0.39, 0.29) is 6.03 Å². The van der Waals surface area contributed by atoms with Crippen molar-refractivity contribution in [2.24, 2.45) is 12.0 Å². The number of aryl methyl sites for hydroxylation is 2. The molecule has 1 N–H and O–H groups in total. The maximum Gasteiger partial charge on any atom is 0.340 e. The van der Waals surface area contributed by atoms with Crippen LogP contribution in [-0.4, -0.2) is 51.6 Å². The van der Waals surface area contributed by atoms with Crippen molar-refractivity contribution in [3.63, 3.8) is 0 Å². The summed E-state index contributed by atoms with van der Waals surface area (Å²) in [7, 11) is 5.39. The summed E-state index contributed by atoms with van der Waals surface area (Å²) in [6.07, 6.45) is 2.33. The average molecular weight is 404 g/mol. The number of carbonyl (C=O) groups excluding carboxylic acids is 1. The molecule has 28 heavy (non-hydrogen) atoms. The molecule has 0 atom stereocenters. The normalized spacial score (nSPS) is 14.1. The Bertz CT molecular complexity index is 976. The summed E-state index contributed by atoms with van der Waals surface area (Å²) in [4.78, 5) is 21.5. The van der Waals surface area contributed by atoms with E-state index in [4.69, 9.17) is 16.6 Å². The van der Waals surface area contributed by atoms with Gasteiger partial charge in [0, 0.05) is 45.2 Å². The minimum Gasteiger partial charge on any atom is -0.310 e. The second kappa shape index (κ2) is 7.79. The number of aromatic nitrogens is 3. The molecule has 2 aromatic rings. The van der Waals surface area contributed by atoms with Crippen LogP contribution in [0.25, 0.3) is 11.0 Å². The molecule has 3 heterocycles. The van der Waals surface area contributed by atoms with Crippen molar-refractivity contribution in [2.75, 3.05) is 25.6 Å². The predicted octanol–water partition coefficient (Wildman–Crippen LogP) is 3.32. The van der Waals surface area contributed by atoms with E-state index in [0.717, 1.165) is 28.0 Å². The van der Waals surface area contributed by atoms with Gasteiger partial charge in [-0.25, -0.2) is 14.8 Å². The molecule has 150 valence electrons. The van der Waals surface area contributed by atoms with Crippen molar-refractivity contribution in [3.8, 4) is 0 Å². The lowest BCUT2D eigenvalue weighted by molar-refractivity contribution is 0.209. The van der Waals surface area contributed by atoms with E-state index < -0.39 is 0 Å². The van der Waals surface area contributed by atoms with Crippen molar-refractivity contribution in [1.82, 2.24) is 25.1 Å². The standard InChI is InChI=1S/C19H26ClN7O/c1-11(2)14-10-16(23-18-17(14)12(3)24-25(18)4)26(5)27(6)19(28)22-13-7-8-21-15(20)9-13/h9-11H,7-8H2,1-6H3,(H,22,28). The minimum absolute atomic E-state index is 0.269. The van der Waals surface area contributed by atoms with Crippen LogP contribution in [0.3, 0.4) is 0 Å². The monoisotopic (exact) mass is 403 g/mol. The van der Waals surface area contributed by atoms with Gasteiger partial charge in [0.05, 0.1) is 5.69 Å². The van der Waals surface area contributed by atoms with Crippen LogP contribution in [0.15, 0.2) is 22.8 Å². The number of hydrogen-bond donors (Lipinski definition) is 1. The lowest BCUT2D eigenvalue weighted by atomic mass is 10.00. The quantitative estimate of drug-likeness (QED) is 0.794. The van der Waals surface area contributed by atoms with Gasteiger partial charge < -0.3 is 5.32 Å². The van der Waals surface area contributed by atoms with Gasteiger partial charge in [0.15, 0.2) is 5.65 Å². The highest BCUT2D eigenvalue weighted by molar-refractivity contribution is 6.68. The molecule has 0 saturated carbocycles. The molecule has 0 aliphatic carbocycles. The van der Waals surface area contributed by atoms with Crippen molar-refractivity contribution in [2.45, 2.75) is 33.1 Å². The molecule has 0 spiro atoms. The molecule has 2 amide bonds. The van der Waals surface area contributed by atoms with E-state index in [1.807, 2.05) is 27.1 Å². The Hall–Kier alpha value is -2.61. The molecule has 0 bridgehead atoms. The number of amides is 2. The van der Waals surface area contributed by atoms with Crippen LogP contribution in [0.1, 0.15) is 37.4 Å². The molecule has 1 aliphatic heterocycles. The van der Waals surface area contributed by atoms with Gasteiger partial charge in [0.1, 0.15) is 11.0 Å². The van der Waals surface area contributed by atoms with Gasteiger partial charge in [-0.2, -0.15) is 5.10 Å². The van der Waals surface area contributed by atoms with Gasteiger partial charge in [-0.3, -0.25) is 14.7 Å². The number of rotatable bonds is 4. The van der Waals surface area contributed by atoms with E-state index in [0.29, 0.717) is 29.9 Å². The van der Waals surface area contributed by atoms with Crippen LogP contribution in [0.4, 0.5) is 10.6 Å². The van der Waals surface area contributed by atoms with E-state index in [1.54, 1.807) is 22.8 Å². The maximum absolute atomic E-state index is 12.7. The largest absolute Gasteiger partial charge is 0.340 e. The maximum atomic E-state index is 12.7. The fourth-order valence-electron chi connectivity index (χ4n) is 3.24. The minimum atomic E-state index is -0.269. The number of fused-ring (bicyclic) bond motifs is 1. The number of nitrogens with one attached hydrogen (secondary N) is 1. The number of aliphatic imine (C=N–C) groups is 1. The Morgan fingerprint density at radius 1 is 1.36 bits per heavy atom. The summed E-state index contributed by atoms with van der Waals surface area (Å²) < 4.78 is 1.78. The molecule has 9 heteroatoms. The number of hydrogen-bond acceptors (Lipinski definition) is 5. The number of carbonyl (C=O) groups is 1. The third-order valence-corrected chi connectivity index (χ3v) is 5.12. The number of hydrazine groups is 1. The van der Waals surface area contributed by atoms with Crippen LogP contribution in [-0.2, 0) is 7.05 Å². The van der Waals surface area contributed by atoms with Crippen LogP contribution in [0.5, 0.6) is 0 Å². The average Bonchev–Trinajstić information content (AvgIpc) is 2.93. The van der Waals surface area contributed by atoms with E-state index in [2.05, 4.69) is 29.3 Å². The Morgan fingerprint density at radius 2 is 2.07 bits per heavy atom. The summed E-state index contributed by atoms with van der Waals surface area (Å²) >= 11 is 5.93. The van der Waals surface area contributed by atoms with Gasteiger partial charge in [0.25, 0.3) is 0 Å². The smallest absolute Gasteiger partial charge is 0.310 e. The highest BCUT2D eigenvalue weighted by atomic mass is 35.5. The molecule has 2 aromatic heterocycles. The Morgan fingerprint density at radius 3 is 2.71 bits per heavy atom. The first-order valence-corrected chi connectivity index (χ1v) is 9.60. The first kappa shape index (κ1) is 20.1. The Balaban J connectivity index is 1.90. The topological polar surface area (TPSA) is 78.7 Å². The summed E-state index contributed by atoms with van der Waals surface area (Å²) in [6.45, 7) is 6.84. The molecule has 0 saturated heterocycles. The van der Waals surface area contributed by atoms with Gasteiger partial charge in [0.2, 0.25) is 0 Å². The summed E-state index contributed by atoms with van der Waals surface area (Å²) in [5, 5.41) is 12.1. The number of nitrogens with zero attached hydrogens (tertiary/aromatic N) is 6. The predicted molar refractivity (Wildman–Crippen MR) is 113 cm³/mol. The van der Waals surface area contributed by atoms with Crippen LogP contribution in [0, 0.1) is 6.92 Å². The van der Waals surface area contributed by atoms with Gasteiger partial charge in [-0.15, -0.1) is 0 Å². The Kier molecular flexibility index (Phi) is 5.60. The van der Waals surface area contributed by atoms with E-state index in [9.17, 15) is 4.79 Å². The molecule has 0 aromatic carbocycles. The van der Waals surface area contributed by atoms with Crippen LogP contribution in [0.2, 0.25) is 0 Å².